The van der Waals surface area contributed by atoms with Crippen LogP contribution in [0.5, 0.6) is 5.88 Å². The van der Waals surface area contributed by atoms with Crippen LogP contribution in [0.1, 0.15) is 18.9 Å². The van der Waals surface area contributed by atoms with Crippen LogP contribution in [0.3, 0.4) is 0 Å². The van der Waals surface area contributed by atoms with Crippen LogP contribution in [0, 0.1) is 6.92 Å². The maximum atomic E-state index is 13.0. The van der Waals surface area contributed by atoms with E-state index in [1.165, 1.54) is 17.3 Å². The van der Waals surface area contributed by atoms with Gasteiger partial charge in [0.15, 0.2) is 0 Å². The van der Waals surface area contributed by atoms with Crippen LogP contribution in [0.25, 0.3) is 0 Å². The number of ether oxygens (including phenoxy) is 1. The summed E-state index contributed by atoms with van der Waals surface area (Å²) in [7, 11) is -3.62. The number of aryl methyl sites for hydroxylation is 1. The largest absolute Gasteiger partial charge is 0.473 e. The first-order chi connectivity index (χ1) is 12.4. The molecule has 8 heteroatoms. The van der Waals surface area contributed by atoms with Crippen molar-refractivity contribution in [2.24, 2.45) is 0 Å². The monoisotopic (exact) mass is 375 g/mol. The molecular formula is C18H21N3O4S. The van der Waals surface area contributed by atoms with E-state index < -0.39 is 10.0 Å². The molecule has 2 aromatic rings. The van der Waals surface area contributed by atoms with Crippen LogP contribution in [0.15, 0.2) is 47.5 Å². The first-order valence-corrected chi connectivity index (χ1v) is 9.76. The molecule has 0 spiro atoms. The Morgan fingerprint density at radius 1 is 1.31 bits per heavy atom. The fourth-order valence-corrected chi connectivity index (χ4v) is 4.65. The maximum Gasteiger partial charge on any atom is 0.243 e. The lowest BCUT2D eigenvalue weighted by atomic mass is 10.2. The van der Waals surface area contributed by atoms with E-state index in [2.05, 4.69) is 10.3 Å². The second-order valence-electron chi connectivity index (χ2n) is 6.22. The normalized spacial score (nSPS) is 17.8. The number of nitrogens with one attached hydrogen (secondary N) is 1. The third-order valence-electron chi connectivity index (χ3n) is 4.15. The van der Waals surface area contributed by atoms with Crippen molar-refractivity contribution in [1.29, 1.82) is 0 Å². The van der Waals surface area contributed by atoms with E-state index in [0.29, 0.717) is 30.1 Å². The second kappa shape index (κ2) is 7.43. The molecule has 1 unspecified atom stereocenters. The lowest BCUT2D eigenvalue weighted by Gasteiger charge is -2.18. The molecule has 3 rings (SSSR count). The van der Waals surface area contributed by atoms with Crippen LogP contribution in [-0.4, -0.2) is 42.8 Å². The molecule has 26 heavy (non-hydrogen) atoms. The number of aromatic nitrogens is 1. The Morgan fingerprint density at radius 3 is 2.77 bits per heavy atom. The van der Waals surface area contributed by atoms with Crippen molar-refractivity contribution in [2.75, 3.05) is 18.4 Å². The summed E-state index contributed by atoms with van der Waals surface area (Å²) in [6.45, 7) is 3.81. The van der Waals surface area contributed by atoms with E-state index in [1.54, 1.807) is 37.4 Å². The smallest absolute Gasteiger partial charge is 0.243 e. The molecule has 0 radical (unpaired) electrons. The molecule has 7 nitrogen and oxygen atoms in total. The minimum atomic E-state index is -3.62. The van der Waals surface area contributed by atoms with Crippen LogP contribution in [0.2, 0.25) is 0 Å². The first kappa shape index (κ1) is 18.3. The number of nitrogens with zero attached hydrogens (tertiary/aromatic N) is 2. The predicted molar refractivity (Wildman–Crippen MR) is 97.5 cm³/mol. The van der Waals surface area contributed by atoms with Crippen LogP contribution >= 0.6 is 0 Å². The third kappa shape index (κ3) is 4.03. The minimum Gasteiger partial charge on any atom is -0.473 e. The molecule has 1 amide bonds. The number of rotatable bonds is 5. The predicted octanol–water partition coefficient (Wildman–Crippen LogP) is 2.19. The Bertz CT molecular complexity index is 900. The van der Waals surface area contributed by atoms with Gasteiger partial charge in [0.2, 0.25) is 21.8 Å². The van der Waals surface area contributed by atoms with Crippen molar-refractivity contribution in [3.8, 4) is 5.88 Å². The van der Waals surface area contributed by atoms with Gasteiger partial charge >= 0.3 is 0 Å². The maximum absolute atomic E-state index is 13.0. The van der Waals surface area contributed by atoms with E-state index in [-0.39, 0.29) is 23.5 Å². The molecule has 1 saturated heterocycles. The highest BCUT2D eigenvalue weighted by Gasteiger charge is 2.34. The molecule has 1 N–H and O–H groups in total. The molecule has 0 aliphatic carbocycles. The van der Waals surface area contributed by atoms with Gasteiger partial charge in [-0.25, -0.2) is 13.4 Å². The summed E-state index contributed by atoms with van der Waals surface area (Å²) in [5, 5.41) is 2.65. The molecule has 0 bridgehead atoms. The number of amides is 1. The average molecular weight is 375 g/mol. The van der Waals surface area contributed by atoms with Gasteiger partial charge in [0.25, 0.3) is 0 Å². The summed E-state index contributed by atoms with van der Waals surface area (Å²) < 4.78 is 33.1. The third-order valence-corrected chi connectivity index (χ3v) is 6.17. The summed E-state index contributed by atoms with van der Waals surface area (Å²) in [5.41, 5.74) is 1.16. The number of sulfonamides is 1. The molecule has 0 saturated carbocycles. The van der Waals surface area contributed by atoms with Gasteiger partial charge in [0.1, 0.15) is 6.10 Å². The highest BCUT2D eigenvalue weighted by atomic mass is 32.2. The Kier molecular flexibility index (Phi) is 5.24. The fourth-order valence-electron chi connectivity index (χ4n) is 2.96. The van der Waals surface area contributed by atoms with Gasteiger partial charge in [-0.2, -0.15) is 4.31 Å². The Morgan fingerprint density at radius 2 is 2.12 bits per heavy atom. The molecule has 1 aromatic heterocycles. The van der Waals surface area contributed by atoms with Crippen LogP contribution in [0.4, 0.5) is 5.69 Å². The van der Waals surface area contributed by atoms with Crippen molar-refractivity contribution in [2.45, 2.75) is 31.3 Å². The standard InChI is InChI=1S/C18H21N3O4S/c1-13-11-15(20-14(2)22)6-7-17(13)26(23,24)21-10-8-16(12-21)25-18-5-3-4-9-19-18/h3-7,9,11,16H,8,10,12H2,1-2H3,(H,20,22). The first-order valence-electron chi connectivity index (χ1n) is 8.32. The SMILES string of the molecule is CC(=O)Nc1ccc(S(=O)(=O)N2CCC(Oc3ccccn3)C2)c(C)c1. The van der Waals surface area contributed by atoms with Crippen molar-refractivity contribution < 1.29 is 17.9 Å². The molecule has 1 aromatic carbocycles. The molecule has 1 atom stereocenters. The van der Waals surface area contributed by atoms with Gasteiger partial charge in [0.05, 0.1) is 11.4 Å². The van der Waals surface area contributed by atoms with Gasteiger partial charge in [0, 0.05) is 31.4 Å². The zero-order valence-electron chi connectivity index (χ0n) is 14.7. The Labute approximate surface area is 153 Å². The lowest BCUT2D eigenvalue weighted by molar-refractivity contribution is -0.114. The zero-order chi connectivity index (χ0) is 18.7. The van der Waals surface area contributed by atoms with Gasteiger partial charge in [-0.15, -0.1) is 0 Å². The number of carbonyl (C=O) groups is 1. The van der Waals surface area contributed by atoms with E-state index >= 15 is 0 Å². The van der Waals surface area contributed by atoms with E-state index in [9.17, 15) is 13.2 Å². The number of hydrogen-bond donors (Lipinski definition) is 1. The number of benzene rings is 1. The summed E-state index contributed by atoms with van der Waals surface area (Å²) in [6.07, 6.45) is 2.02. The minimum absolute atomic E-state index is 0.200. The van der Waals surface area contributed by atoms with Crippen LogP contribution < -0.4 is 10.1 Å². The molecule has 1 fully saturated rings. The highest BCUT2D eigenvalue weighted by molar-refractivity contribution is 7.89. The van der Waals surface area contributed by atoms with Crippen LogP contribution in [-0.2, 0) is 14.8 Å². The summed E-state index contributed by atoms with van der Waals surface area (Å²) in [4.78, 5) is 15.5. The molecule has 2 heterocycles. The molecular weight excluding hydrogens is 354 g/mol. The number of anilines is 1. The zero-order valence-corrected chi connectivity index (χ0v) is 15.5. The average Bonchev–Trinajstić information content (AvgIpc) is 3.04. The van der Waals surface area contributed by atoms with Crippen molar-refractivity contribution in [3.05, 3.63) is 48.2 Å². The number of hydrogen-bond acceptors (Lipinski definition) is 5. The van der Waals surface area contributed by atoms with Crippen molar-refractivity contribution in [3.63, 3.8) is 0 Å². The Balaban J connectivity index is 1.73. The summed E-state index contributed by atoms with van der Waals surface area (Å²) >= 11 is 0. The van der Waals surface area contributed by atoms with E-state index in [0.717, 1.165) is 0 Å². The number of pyridine rings is 1. The number of carbonyl (C=O) groups excluding carboxylic acids is 1. The second-order valence-corrected chi connectivity index (χ2v) is 8.13. The molecule has 138 valence electrons. The lowest BCUT2D eigenvalue weighted by Crippen LogP contribution is -2.31. The van der Waals surface area contributed by atoms with Crippen molar-refractivity contribution in [1.82, 2.24) is 9.29 Å². The topological polar surface area (TPSA) is 88.6 Å². The van der Waals surface area contributed by atoms with Gasteiger partial charge < -0.3 is 10.1 Å². The van der Waals surface area contributed by atoms with Gasteiger partial charge in [-0.1, -0.05) is 6.07 Å². The van der Waals surface area contributed by atoms with Gasteiger partial charge in [-0.05, 0) is 43.2 Å². The summed E-state index contributed by atoms with van der Waals surface area (Å²) in [6, 6.07) is 10.2. The van der Waals surface area contributed by atoms with E-state index in [1.807, 2.05) is 6.07 Å². The fraction of sp³-hybridized carbons (Fsp3) is 0.333. The molecule has 1 aliphatic heterocycles. The Hall–Kier alpha value is -2.45. The van der Waals surface area contributed by atoms with E-state index in [4.69, 9.17) is 4.74 Å². The summed E-state index contributed by atoms with van der Waals surface area (Å²) in [5.74, 6) is 0.293. The van der Waals surface area contributed by atoms with Gasteiger partial charge in [-0.3, -0.25) is 4.79 Å². The molecule has 1 aliphatic rings. The quantitative estimate of drug-likeness (QED) is 0.865. The van der Waals surface area contributed by atoms with Crippen molar-refractivity contribution >= 4 is 21.6 Å². The highest BCUT2D eigenvalue weighted by Crippen LogP contribution is 2.27.